The SMILES string of the molecule is I.NC(=NCC1CCC2(CCCCC2)O1)Nc1ccc2c(c1)OCCCO2. The summed E-state index contributed by atoms with van der Waals surface area (Å²) in [5, 5.41) is 3.14. The van der Waals surface area contributed by atoms with E-state index >= 15 is 0 Å². The van der Waals surface area contributed by atoms with Crippen LogP contribution >= 0.6 is 24.0 Å². The number of fused-ring (bicyclic) bond motifs is 1. The van der Waals surface area contributed by atoms with Crippen molar-refractivity contribution in [3.63, 3.8) is 0 Å². The van der Waals surface area contributed by atoms with Crippen LogP contribution in [0.5, 0.6) is 11.5 Å². The van der Waals surface area contributed by atoms with Crippen molar-refractivity contribution >= 4 is 35.6 Å². The van der Waals surface area contributed by atoms with E-state index in [1.54, 1.807) is 0 Å². The van der Waals surface area contributed by atoms with Gasteiger partial charge in [-0.25, -0.2) is 0 Å². The van der Waals surface area contributed by atoms with E-state index in [9.17, 15) is 0 Å². The number of hydrogen-bond donors (Lipinski definition) is 2. The first-order valence-corrected chi connectivity index (χ1v) is 9.87. The van der Waals surface area contributed by atoms with Gasteiger partial charge in [-0.2, -0.15) is 0 Å². The second-order valence-corrected chi connectivity index (χ2v) is 7.59. The van der Waals surface area contributed by atoms with E-state index in [0.29, 0.717) is 25.7 Å². The molecular weight excluding hydrogens is 457 g/mol. The lowest BCUT2D eigenvalue weighted by Crippen LogP contribution is -2.32. The van der Waals surface area contributed by atoms with Gasteiger partial charge >= 0.3 is 0 Å². The monoisotopic (exact) mass is 487 g/mol. The minimum atomic E-state index is 0. The van der Waals surface area contributed by atoms with Crippen LogP contribution in [0, 0.1) is 0 Å². The molecule has 1 saturated heterocycles. The van der Waals surface area contributed by atoms with Gasteiger partial charge < -0.3 is 25.3 Å². The number of guanidine groups is 1. The van der Waals surface area contributed by atoms with Crippen molar-refractivity contribution in [3.05, 3.63) is 18.2 Å². The molecule has 3 N–H and O–H groups in total. The number of hydrogen-bond acceptors (Lipinski definition) is 4. The number of rotatable bonds is 3. The van der Waals surface area contributed by atoms with Gasteiger partial charge in [-0.1, -0.05) is 19.3 Å². The van der Waals surface area contributed by atoms with Gasteiger partial charge in [-0.15, -0.1) is 24.0 Å². The molecule has 1 spiro atoms. The molecule has 0 amide bonds. The Hall–Kier alpha value is -1.22. The first-order chi connectivity index (χ1) is 12.7. The summed E-state index contributed by atoms with van der Waals surface area (Å²) in [5.41, 5.74) is 7.06. The van der Waals surface area contributed by atoms with Crippen molar-refractivity contribution in [2.45, 2.75) is 63.1 Å². The quantitative estimate of drug-likeness (QED) is 0.382. The molecule has 7 heteroatoms. The maximum absolute atomic E-state index is 6.35. The second-order valence-electron chi connectivity index (χ2n) is 7.59. The van der Waals surface area contributed by atoms with Gasteiger partial charge in [-0.05, 0) is 37.8 Å². The molecule has 0 radical (unpaired) electrons. The molecule has 1 aliphatic carbocycles. The summed E-state index contributed by atoms with van der Waals surface area (Å²) in [6.07, 6.45) is 9.69. The number of nitrogens with zero attached hydrogens (tertiary/aromatic N) is 1. The predicted octanol–water partition coefficient (Wildman–Crippen LogP) is 4.07. The van der Waals surface area contributed by atoms with Crippen molar-refractivity contribution in [2.75, 3.05) is 25.1 Å². The van der Waals surface area contributed by atoms with Gasteiger partial charge in [-0.3, -0.25) is 4.99 Å². The van der Waals surface area contributed by atoms with Crippen LogP contribution in [0.1, 0.15) is 51.4 Å². The maximum atomic E-state index is 6.35. The van der Waals surface area contributed by atoms with Crippen LogP contribution < -0.4 is 20.5 Å². The Morgan fingerprint density at radius 1 is 1.07 bits per heavy atom. The van der Waals surface area contributed by atoms with Crippen LogP contribution in [0.4, 0.5) is 5.69 Å². The summed E-state index contributed by atoms with van der Waals surface area (Å²) in [4.78, 5) is 4.50. The van der Waals surface area contributed by atoms with Crippen molar-refractivity contribution < 1.29 is 14.2 Å². The predicted molar refractivity (Wildman–Crippen MR) is 117 cm³/mol. The Kier molecular flexibility index (Phi) is 7.08. The highest BCUT2D eigenvalue weighted by Gasteiger charge is 2.40. The second kappa shape index (κ2) is 9.32. The molecule has 2 fully saturated rings. The Morgan fingerprint density at radius 3 is 2.67 bits per heavy atom. The Balaban J connectivity index is 0.00000210. The summed E-state index contributed by atoms with van der Waals surface area (Å²) in [6.45, 7) is 1.97. The van der Waals surface area contributed by atoms with E-state index < -0.39 is 0 Å². The average molecular weight is 487 g/mol. The van der Waals surface area contributed by atoms with Crippen LogP contribution in [0.25, 0.3) is 0 Å². The van der Waals surface area contributed by atoms with Crippen LogP contribution in [-0.4, -0.2) is 37.4 Å². The molecule has 27 heavy (non-hydrogen) atoms. The third-order valence-corrected chi connectivity index (χ3v) is 5.59. The highest BCUT2D eigenvalue weighted by atomic mass is 127. The minimum Gasteiger partial charge on any atom is -0.490 e. The van der Waals surface area contributed by atoms with Gasteiger partial charge in [0.2, 0.25) is 0 Å². The minimum absolute atomic E-state index is 0. The molecule has 0 aromatic heterocycles. The van der Waals surface area contributed by atoms with Crippen molar-refractivity contribution in [2.24, 2.45) is 10.7 Å². The van der Waals surface area contributed by atoms with Gasteiger partial charge in [0.1, 0.15) is 0 Å². The fourth-order valence-electron chi connectivity index (χ4n) is 4.22. The molecule has 1 atom stereocenters. The van der Waals surface area contributed by atoms with E-state index in [1.165, 1.54) is 38.5 Å². The lowest BCUT2D eigenvalue weighted by atomic mass is 9.83. The molecular formula is C20H30IN3O3. The third-order valence-electron chi connectivity index (χ3n) is 5.59. The number of anilines is 1. The zero-order valence-electron chi connectivity index (χ0n) is 15.7. The molecule has 4 rings (SSSR count). The first-order valence-electron chi connectivity index (χ1n) is 9.87. The molecule has 3 aliphatic rings. The summed E-state index contributed by atoms with van der Waals surface area (Å²) in [5.74, 6) is 1.94. The van der Waals surface area contributed by atoms with E-state index in [0.717, 1.165) is 30.0 Å². The molecule has 2 heterocycles. The van der Waals surface area contributed by atoms with Crippen molar-refractivity contribution in [3.8, 4) is 11.5 Å². The molecule has 150 valence electrons. The van der Waals surface area contributed by atoms with Crippen LogP contribution in [-0.2, 0) is 4.74 Å². The zero-order chi connectivity index (χ0) is 17.8. The highest BCUT2D eigenvalue weighted by molar-refractivity contribution is 14.0. The van der Waals surface area contributed by atoms with Gasteiger partial charge in [0.15, 0.2) is 17.5 Å². The van der Waals surface area contributed by atoms with E-state index in [4.69, 9.17) is 19.9 Å². The molecule has 2 aliphatic heterocycles. The van der Waals surface area contributed by atoms with Gasteiger partial charge in [0.25, 0.3) is 0 Å². The topological polar surface area (TPSA) is 78.1 Å². The van der Waals surface area contributed by atoms with Crippen molar-refractivity contribution in [1.82, 2.24) is 0 Å². The molecule has 1 aromatic carbocycles. The average Bonchev–Trinajstić information content (AvgIpc) is 2.88. The molecule has 1 aromatic rings. The smallest absolute Gasteiger partial charge is 0.193 e. The number of halogens is 1. The number of nitrogens with two attached hydrogens (primary N) is 1. The Labute approximate surface area is 178 Å². The van der Waals surface area contributed by atoms with E-state index in [1.807, 2.05) is 18.2 Å². The summed E-state index contributed by atoms with van der Waals surface area (Å²) in [6, 6.07) is 5.74. The highest BCUT2D eigenvalue weighted by Crippen LogP contribution is 2.41. The summed E-state index contributed by atoms with van der Waals surface area (Å²) < 4.78 is 17.7. The van der Waals surface area contributed by atoms with Gasteiger partial charge in [0.05, 0.1) is 31.5 Å². The first kappa shape index (κ1) is 20.5. The third kappa shape index (κ3) is 5.19. The Bertz CT molecular complexity index is 662. The molecule has 1 saturated carbocycles. The number of aliphatic imine (C=N–C) groups is 1. The summed E-state index contributed by atoms with van der Waals surface area (Å²) >= 11 is 0. The van der Waals surface area contributed by atoms with Crippen LogP contribution in [0.15, 0.2) is 23.2 Å². The molecule has 6 nitrogen and oxygen atoms in total. The van der Waals surface area contributed by atoms with E-state index in [-0.39, 0.29) is 35.7 Å². The summed E-state index contributed by atoms with van der Waals surface area (Å²) in [7, 11) is 0. The van der Waals surface area contributed by atoms with Crippen molar-refractivity contribution in [1.29, 1.82) is 0 Å². The van der Waals surface area contributed by atoms with Gasteiger partial charge in [0, 0.05) is 18.2 Å². The lowest BCUT2D eigenvalue weighted by Gasteiger charge is -2.33. The molecule has 1 unspecified atom stereocenters. The molecule has 0 bridgehead atoms. The normalized spacial score (nSPS) is 24.1. The fourth-order valence-corrected chi connectivity index (χ4v) is 4.22. The van der Waals surface area contributed by atoms with E-state index in [2.05, 4.69) is 10.3 Å². The van der Waals surface area contributed by atoms with Crippen LogP contribution in [0.2, 0.25) is 0 Å². The fraction of sp³-hybridized carbons (Fsp3) is 0.650. The lowest BCUT2D eigenvalue weighted by molar-refractivity contribution is -0.0598. The van der Waals surface area contributed by atoms with Crippen LogP contribution in [0.3, 0.4) is 0 Å². The maximum Gasteiger partial charge on any atom is 0.193 e. The zero-order valence-corrected chi connectivity index (χ0v) is 18.1. The number of benzene rings is 1. The number of ether oxygens (including phenoxy) is 3. The Morgan fingerprint density at radius 2 is 1.85 bits per heavy atom. The standard InChI is InChI=1S/C20H29N3O3.HI/c21-19(22-14-16-7-10-20(26-16)8-2-1-3-9-20)23-15-5-6-17-18(13-15)25-12-4-11-24-17;/h5-6,13,16H,1-4,7-12,14H2,(H3,21,22,23);1H. The number of nitrogens with one attached hydrogen (secondary N) is 1. The largest absolute Gasteiger partial charge is 0.490 e.